The number of fused-ring (bicyclic) bond motifs is 1. The standard InChI is InChI=1S/C15H19F2NO/c1-19-14-3-2-12-10-18(6-4-11(12)8-14)7-5-13-9-15(13,16)17/h2-3,8,13H,4-7,9-10H2,1H3. The molecule has 0 aromatic heterocycles. The molecule has 0 N–H and O–H groups in total. The van der Waals surface area contributed by atoms with Crippen LogP contribution in [0.15, 0.2) is 18.2 Å². The second-order valence-electron chi connectivity index (χ2n) is 5.61. The molecule has 1 aliphatic heterocycles. The summed E-state index contributed by atoms with van der Waals surface area (Å²) in [5, 5.41) is 0. The number of ether oxygens (including phenoxy) is 1. The second kappa shape index (κ2) is 4.75. The van der Waals surface area contributed by atoms with E-state index in [4.69, 9.17) is 4.74 Å². The van der Waals surface area contributed by atoms with Crippen LogP contribution >= 0.6 is 0 Å². The average molecular weight is 267 g/mol. The first kappa shape index (κ1) is 12.9. The van der Waals surface area contributed by atoms with Gasteiger partial charge in [-0.2, -0.15) is 0 Å². The monoisotopic (exact) mass is 267 g/mol. The molecule has 1 fully saturated rings. The van der Waals surface area contributed by atoms with Crippen LogP contribution in [0.25, 0.3) is 0 Å². The van der Waals surface area contributed by atoms with Gasteiger partial charge in [0.05, 0.1) is 7.11 Å². The summed E-state index contributed by atoms with van der Waals surface area (Å²) in [6, 6.07) is 6.14. The third-order valence-corrected chi connectivity index (χ3v) is 4.25. The summed E-state index contributed by atoms with van der Waals surface area (Å²) in [5.74, 6) is -1.85. The van der Waals surface area contributed by atoms with Gasteiger partial charge in [0.1, 0.15) is 5.75 Å². The molecule has 1 atom stereocenters. The number of benzene rings is 1. The Kier molecular flexibility index (Phi) is 3.21. The number of halogens is 2. The van der Waals surface area contributed by atoms with Gasteiger partial charge in [-0.3, -0.25) is 4.90 Å². The van der Waals surface area contributed by atoms with Gasteiger partial charge in [-0.25, -0.2) is 8.78 Å². The number of nitrogens with zero attached hydrogens (tertiary/aromatic N) is 1. The molecule has 1 aromatic carbocycles. The van der Waals surface area contributed by atoms with E-state index in [0.29, 0.717) is 6.42 Å². The zero-order chi connectivity index (χ0) is 13.5. The fourth-order valence-electron chi connectivity index (χ4n) is 2.83. The normalized spacial score (nSPS) is 24.9. The topological polar surface area (TPSA) is 12.5 Å². The van der Waals surface area contributed by atoms with Crippen molar-refractivity contribution in [3.05, 3.63) is 29.3 Å². The predicted molar refractivity (Wildman–Crippen MR) is 69.6 cm³/mol. The van der Waals surface area contributed by atoms with E-state index in [1.807, 2.05) is 6.07 Å². The maximum absolute atomic E-state index is 12.8. The minimum atomic E-state index is -2.37. The average Bonchev–Trinajstić information content (AvgIpc) is 3.03. The van der Waals surface area contributed by atoms with E-state index in [1.165, 1.54) is 11.1 Å². The first-order valence-corrected chi connectivity index (χ1v) is 6.84. The van der Waals surface area contributed by atoms with E-state index < -0.39 is 5.92 Å². The van der Waals surface area contributed by atoms with Gasteiger partial charge in [0.15, 0.2) is 0 Å². The summed E-state index contributed by atoms with van der Waals surface area (Å²) in [5.41, 5.74) is 2.63. The molecule has 0 radical (unpaired) electrons. The molecule has 1 unspecified atom stereocenters. The van der Waals surface area contributed by atoms with E-state index in [0.717, 1.165) is 31.8 Å². The van der Waals surface area contributed by atoms with Crippen molar-refractivity contribution in [2.45, 2.75) is 31.7 Å². The molecule has 4 heteroatoms. The van der Waals surface area contributed by atoms with E-state index in [1.54, 1.807) is 7.11 Å². The highest BCUT2D eigenvalue weighted by Gasteiger charge is 2.56. The van der Waals surface area contributed by atoms with E-state index in [-0.39, 0.29) is 12.3 Å². The lowest BCUT2D eigenvalue weighted by molar-refractivity contribution is 0.0930. The van der Waals surface area contributed by atoms with Gasteiger partial charge in [-0.05, 0) is 42.6 Å². The highest BCUT2D eigenvalue weighted by molar-refractivity contribution is 5.37. The molecule has 3 rings (SSSR count). The fourth-order valence-corrected chi connectivity index (χ4v) is 2.83. The molecule has 0 spiro atoms. The Bertz CT molecular complexity index is 475. The predicted octanol–water partition coefficient (Wildman–Crippen LogP) is 3.10. The molecular formula is C15H19F2NO. The number of rotatable bonds is 4. The quantitative estimate of drug-likeness (QED) is 0.831. The summed E-state index contributed by atoms with van der Waals surface area (Å²) in [6.45, 7) is 2.61. The number of methoxy groups -OCH3 is 1. The highest BCUT2D eigenvalue weighted by Crippen LogP contribution is 2.50. The Hall–Kier alpha value is -1.16. The maximum atomic E-state index is 12.8. The Labute approximate surface area is 112 Å². The van der Waals surface area contributed by atoms with Crippen molar-refractivity contribution in [1.29, 1.82) is 0 Å². The van der Waals surface area contributed by atoms with Crippen LogP contribution in [0.3, 0.4) is 0 Å². The van der Waals surface area contributed by atoms with Crippen LogP contribution in [0.2, 0.25) is 0 Å². The minimum absolute atomic E-state index is 0.0919. The highest BCUT2D eigenvalue weighted by atomic mass is 19.3. The molecule has 1 aliphatic carbocycles. The van der Waals surface area contributed by atoms with Crippen molar-refractivity contribution >= 4 is 0 Å². The molecule has 1 heterocycles. The largest absolute Gasteiger partial charge is 0.497 e. The van der Waals surface area contributed by atoms with Gasteiger partial charge in [0.25, 0.3) is 5.92 Å². The van der Waals surface area contributed by atoms with Crippen LogP contribution in [0.5, 0.6) is 5.75 Å². The molecular weight excluding hydrogens is 248 g/mol. The molecule has 1 saturated carbocycles. The van der Waals surface area contributed by atoms with Crippen LogP contribution in [0.4, 0.5) is 8.78 Å². The summed E-state index contributed by atoms with van der Waals surface area (Å²) >= 11 is 0. The van der Waals surface area contributed by atoms with Gasteiger partial charge in [0, 0.05) is 25.4 Å². The van der Waals surface area contributed by atoms with Crippen molar-refractivity contribution in [1.82, 2.24) is 4.90 Å². The zero-order valence-electron chi connectivity index (χ0n) is 11.2. The van der Waals surface area contributed by atoms with Crippen molar-refractivity contribution in [2.75, 3.05) is 20.2 Å². The van der Waals surface area contributed by atoms with Crippen molar-refractivity contribution in [2.24, 2.45) is 5.92 Å². The first-order chi connectivity index (χ1) is 9.08. The molecule has 0 amide bonds. The lowest BCUT2D eigenvalue weighted by atomic mass is 9.99. The SMILES string of the molecule is COc1ccc2c(c1)CCN(CCC1CC1(F)F)C2. The van der Waals surface area contributed by atoms with Gasteiger partial charge in [0.2, 0.25) is 0 Å². The second-order valence-corrected chi connectivity index (χ2v) is 5.61. The Morgan fingerprint density at radius 3 is 2.84 bits per heavy atom. The third-order valence-electron chi connectivity index (χ3n) is 4.25. The Morgan fingerprint density at radius 2 is 2.16 bits per heavy atom. The number of hydrogen-bond acceptors (Lipinski definition) is 2. The minimum Gasteiger partial charge on any atom is -0.497 e. The summed E-state index contributed by atoms with van der Waals surface area (Å²) in [6.07, 6.45) is 1.70. The molecule has 2 aliphatic rings. The molecule has 104 valence electrons. The van der Waals surface area contributed by atoms with Crippen LogP contribution in [-0.2, 0) is 13.0 Å². The van der Waals surface area contributed by atoms with Crippen molar-refractivity contribution < 1.29 is 13.5 Å². The van der Waals surface area contributed by atoms with E-state index in [2.05, 4.69) is 17.0 Å². The third kappa shape index (κ3) is 2.73. The summed E-state index contributed by atoms with van der Waals surface area (Å²) in [4.78, 5) is 2.28. The lowest BCUT2D eigenvalue weighted by Crippen LogP contribution is -2.31. The van der Waals surface area contributed by atoms with Crippen LogP contribution < -0.4 is 4.74 Å². The summed E-state index contributed by atoms with van der Waals surface area (Å²) < 4.78 is 30.9. The number of alkyl halides is 2. The lowest BCUT2D eigenvalue weighted by Gasteiger charge is -2.29. The van der Waals surface area contributed by atoms with Gasteiger partial charge < -0.3 is 4.74 Å². The van der Waals surface area contributed by atoms with Gasteiger partial charge in [-0.15, -0.1) is 0 Å². The van der Waals surface area contributed by atoms with Crippen LogP contribution in [0, 0.1) is 5.92 Å². The van der Waals surface area contributed by atoms with Gasteiger partial charge >= 0.3 is 0 Å². The molecule has 19 heavy (non-hydrogen) atoms. The van der Waals surface area contributed by atoms with Crippen LogP contribution in [-0.4, -0.2) is 31.0 Å². The Morgan fingerprint density at radius 1 is 1.37 bits per heavy atom. The zero-order valence-corrected chi connectivity index (χ0v) is 11.2. The van der Waals surface area contributed by atoms with E-state index in [9.17, 15) is 8.78 Å². The number of hydrogen-bond donors (Lipinski definition) is 0. The summed E-state index contributed by atoms with van der Waals surface area (Å²) in [7, 11) is 1.67. The van der Waals surface area contributed by atoms with Gasteiger partial charge in [-0.1, -0.05) is 6.07 Å². The van der Waals surface area contributed by atoms with Crippen molar-refractivity contribution in [3.8, 4) is 5.75 Å². The van der Waals surface area contributed by atoms with Crippen molar-refractivity contribution in [3.63, 3.8) is 0 Å². The van der Waals surface area contributed by atoms with E-state index >= 15 is 0 Å². The van der Waals surface area contributed by atoms with Crippen LogP contribution in [0.1, 0.15) is 24.0 Å². The molecule has 2 nitrogen and oxygen atoms in total. The first-order valence-electron chi connectivity index (χ1n) is 6.84. The smallest absolute Gasteiger partial charge is 0.251 e. The maximum Gasteiger partial charge on any atom is 0.251 e. The molecule has 0 bridgehead atoms. The fraction of sp³-hybridized carbons (Fsp3) is 0.600. The molecule has 1 aromatic rings. The Balaban J connectivity index is 1.57. The molecule has 0 saturated heterocycles.